The number of nitro groups is 1. The first-order valence-corrected chi connectivity index (χ1v) is 8.88. The number of hydrogen-bond donors (Lipinski definition) is 1. The van der Waals surface area contributed by atoms with E-state index in [1.165, 1.54) is 6.07 Å². The third-order valence-corrected chi connectivity index (χ3v) is 4.52. The lowest BCUT2D eigenvalue weighted by Crippen LogP contribution is -2.37. The number of nitrogens with zero attached hydrogens (tertiary/aromatic N) is 5. The Bertz CT molecular complexity index is 980. The molecule has 1 aromatic carbocycles. The lowest BCUT2D eigenvalue weighted by Gasteiger charge is -2.29. The van der Waals surface area contributed by atoms with Crippen molar-refractivity contribution in [1.82, 2.24) is 14.6 Å². The van der Waals surface area contributed by atoms with E-state index in [1.54, 1.807) is 18.2 Å². The first-order chi connectivity index (χ1) is 13.2. The Kier molecular flexibility index (Phi) is 4.59. The van der Waals surface area contributed by atoms with Crippen LogP contribution in [0.25, 0.3) is 5.65 Å². The number of rotatable bonds is 5. The highest BCUT2D eigenvalue weighted by molar-refractivity contribution is 5.70. The molecule has 0 amide bonds. The van der Waals surface area contributed by atoms with Crippen molar-refractivity contribution in [2.45, 2.75) is 13.3 Å². The van der Waals surface area contributed by atoms with Gasteiger partial charge in [0.05, 0.1) is 23.8 Å². The van der Waals surface area contributed by atoms with Crippen molar-refractivity contribution < 1.29 is 9.66 Å². The van der Waals surface area contributed by atoms with Crippen molar-refractivity contribution in [3.05, 3.63) is 52.2 Å². The molecular formula is C18H20N6O3. The van der Waals surface area contributed by atoms with Crippen LogP contribution in [0.5, 0.6) is 0 Å². The maximum absolute atomic E-state index is 11.3. The van der Waals surface area contributed by atoms with Crippen LogP contribution < -0.4 is 10.2 Å². The molecule has 1 fully saturated rings. The Labute approximate surface area is 155 Å². The number of anilines is 3. The van der Waals surface area contributed by atoms with Gasteiger partial charge in [-0.25, -0.2) is 4.98 Å². The van der Waals surface area contributed by atoms with Gasteiger partial charge in [0.2, 0.25) is 0 Å². The second-order valence-corrected chi connectivity index (χ2v) is 6.26. The monoisotopic (exact) mass is 368 g/mol. The first kappa shape index (κ1) is 17.2. The summed E-state index contributed by atoms with van der Waals surface area (Å²) in [7, 11) is 0. The molecule has 0 bridgehead atoms. The highest BCUT2D eigenvalue weighted by Crippen LogP contribution is 2.29. The van der Waals surface area contributed by atoms with E-state index in [4.69, 9.17) is 4.74 Å². The van der Waals surface area contributed by atoms with E-state index >= 15 is 0 Å². The van der Waals surface area contributed by atoms with Gasteiger partial charge in [0.15, 0.2) is 5.65 Å². The minimum Gasteiger partial charge on any atom is -0.378 e. The van der Waals surface area contributed by atoms with E-state index in [1.807, 2.05) is 23.6 Å². The Morgan fingerprint density at radius 2 is 2.04 bits per heavy atom. The molecule has 140 valence electrons. The number of nitro benzene ring substituents is 1. The molecule has 1 aliphatic rings. The van der Waals surface area contributed by atoms with Gasteiger partial charge in [0.1, 0.15) is 17.3 Å². The number of morpholine rings is 1. The summed E-state index contributed by atoms with van der Waals surface area (Å²) >= 11 is 0. The summed E-state index contributed by atoms with van der Waals surface area (Å²) in [5.41, 5.74) is 2.06. The molecule has 0 unspecified atom stereocenters. The average molecular weight is 368 g/mol. The molecule has 0 spiro atoms. The second-order valence-electron chi connectivity index (χ2n) is 6.26. The molecule has 0 atom stereocenters. The second kappa shape index (κ2) is 7.20. The third kappa shape index (κ3) is 3.41. The van der Waals surface area contributed by atoms with Gasteiger partial charge < -0.3 is 15.0 Å². The van der Waals surface area contributed by atoms with Gasteiger partial charge in [-0.3, -0.25) is 10.1 Å². The molecule has 0 saturated carbocycles. The Morgan fingerprint density at radius 3 is 2.78 bits per heavy atom. The normalized spacial score (nSPS) is 14.5. The molecule has 0 aliphatic carbocycles. The Morgan fingerprint density at radius 1 is 1.26 bits per heavy atom. The average Bonchev–Trinajstić information content (AvgIpc) is 3.11. The van der Waals surface area contributed by atoms with Crippen LogP contribution in [0.1, 0.15) is 12.6 Å². The van der Waals surface area contributed by atoms with E-state index in [0.29, 0.717) is 30.4 Å². The lowest BCUT2D eigenvalue weighted by atomic mass is 10.2. The van der Waals surface area contributed by atoms with Crippen molar-refractivity contribution in [2.75, 3.05) is 36.5 Å². The van der Waals surface area contributed by atoms with Crippen LogP contribution in [0.4, 0.5) is 23.0 Å². The first-order valence-electron chi connectivity index (χ1n) is 8.88. The number of aromatic nitrogens is 3. The summed E-state index contributed by atoms with van der Waals surface area (Å²) in [5.74, 6) is 1.44. The highest BCUT2D eigenvalue weighted by Gasteiger charge is 2.19. The SMILES string of the molecule is CCc1cc2nc(Nc3ccccc3[N+](=O)[O-])cc(N3CCOCC3)n2n1. The van der Waals surface area contributed by atoms with Gasteiger partial charge in [0, 0.05) is 31.3 Å². The van der Waals surface area contributed by atoms with E-state index in [-0.39, 0.29) is 5.69 Å². The van der Waals surface area contributed by atoms with Gasteiger partial charge in [-0.2, -0.15) is 9.61 Å². The number of nitrogens with one attached hydrogen (secondary N) is 1. The molecule has 1 N–H and O–H groups in total. The minimum atomic E-state index is -0.405. The number of fused-ring (bicyclic) bond motifs is 1. The summed E-state index contributed by atoms with van der Waals surface area (Å²) in [6.45, 7) is 4.86. The maximum Gasteiger partial charge on any atom is 0.292 e. The van der Waals surface area contributed by atoms with Crippen LogP contribution in [0.15, 0.2) is 36.4 Å². The fourth-order valence-electron chi connectivity index (χ4n) is 3.14. The van der Waals surface area contributed by atoms with Crippen molar-refractivity contribution in [3.8, 4) is 0 Å². The molecule has 27 heavy (non-hydrogen) atoms. The number of para-hydroxylation sites is 2. The van der Waals surface area contributed by atoms with E-state index in [9.17, 15) is 10.1 Å². The van der Waals surface area contributed by atoms with Crippen molar-refractivity contribution >= 4 is 28.7 Å². The largest absolute Gasteiger partial charge is 0.378 e. The standard InChI is InChI=1S/C18H20N6O3/c1-2-13-11-17-20-16(19-14-5-3-4-6-15(14)24(25)26)12-18(23(17)21-13)22-7-9-27-10-8-22/h3-6,11-12H,2,7-10H2,1H3,(H,19,20). The zero-order chi connectivity index (χ0) is 18.8. The zero-order valence-electron chi connectivity index (χ0n) is 15.0. The van der Waals surface area contributed by atoms with Gasteiger partial charge in [-0.05, 0) is 12.5 Å². The van der Waals surface area contributed by atoms with E-state index < -0.39 is 4.92 Å². The molecule has 1 saturated heterocycles. The van der Waals surface area contributed by atoms with Crippen molar-refractivity contribution in [1.29, 1.82) is 0 Å². The summed E-state index contributed by atoms with van der Waals surface area (Å²) in [6.07, 6.45) is 0.804. The summed E-state index contributed by atoms with van der Waals surface area (Å²) in [6, 6.07) is 10.4. The van der Waals surface area contributed by atoms with E-state index in [0.717, 1.165) is 31.0 Å². The van der Waals surface area contributed by atoms with Crippen molar-refractivity contribution in [3.63, 3.8) is 0 Å². The molecule has 2 aromatic heterocycles. The molecule has 1 aliphatic heterocycles. The predicted octanol–water partition coefficient (Wildman–Crippen LogP) is 2.78. The summed E-state index contributed by atoms with van der Waals surface area (Å²) in [5, 5.41) is 19.0. The molecule has 0 radical (unpaired) electrons. The van der Waals surface area contributed by atoms with Crippen LogP contribution in [0.2, 0.25) is 0 Å². The smallest absolute Gasteiger partial charge is 0.292 e. The molecule has 9 nitrogen and oxygen atoms in total. The fraction of sp³-hybridized carbons (Fsp3) is 0.333. The Balaban J connectivity index is 1.78. The summed E-state index contributed by atoms with van der Waals surface area (Å²) in [4.78, 5) is 17.7. The van der Waals surface area contributed by atoms with Gasteiger partial charge >= 0.3 is 0 Å². The Hall–Kier alpha value is -3.20. The van der Waals surface area contributed by atoms with Gasteiger partial charge in [-0.15, -0.1) is 0 Å². The molecule has 4 rings (SSSR count). The number of hydrogen-bond acceptors (Lipinski definition) is 7. The number of benzene rings is 1. The lowest BCUT2D eigenvalue weighted by molar-refractivity contribution is -0.383. The van der Waals surface area contributed by atoms with Crippen LogP contribution >= 0.6 is 0 Å². The minimum absolute atomic E-state index is 0.00912. The maximum atomic E-state index is 11.3. The van der Waals surface area contributed by atoms with Gasteiger partial charge in [-0.1, -0.05) is 19.1 Å². The topological polar surface area (TPSA) is 97.8 Å². The van der Waals surface area contributed by atoms with E-state index in [2.05, 4.69) is 20.3 Å². The van der Waals surface area contributed by atoms with Crippen molar-refractivity contribution in [2.24, 2.45) is 0 Å². The highest BCUT2D eigenvalue weighted by atomic mass is 16.6. The molecule has 3 aromatic rings. The van der Waals surface area contributed by atoms with Gasteiger partial charge in [0.25, 0.3) is 5.69 Å². The molecule has 9 heteroatoms. The quantitative estimate of drug-likeness (QED) is 0.546. The molecule has 3 heterocycles. The van der Waals surface area contributed by atoms with Crippen LogP contribution in [-0.4, -0.2) is 45.8 Å². The van der Waals surface area contributed by atoms with Crippen LogP contribution in [0, 0.1) is 10.1 Å². The third-order valence-electron chi connectivity index (χ3n) is 4.52. The fourth-order valence-corrected chi connectivity index (χ4v) is 3.14. The predicted molar refractivity (Wildman–Crippen MR) is 102 cm³/mol. The molecular weight excluding hydrogens is 348 g/mol. The van der Waals surface area contributed by atoms with Crippen LogP contribution in [0.3, 0.4) is 0 Å². The zero-order valence-corrected chi connectivity index (χ0v) is 15.0. The number of aryl methyl sites for hydroxylation is 1. The summed E-state index contributed by atoms with van der Waals surface area (Å²) < 4.78 is 7.28. The number of ether oxygens (including phenoxy) is 1. The van der Waals surface area contributed by atoms with Crippen LogP contribution in [-0.2, 0) is 11.2 Å².